The van der Waals surface area contributed by atoms with Crippen molar-refractivity contribution in [2.75, 3.05) is 12.4 Å². The van der Waals surface area contributed by atoms with E-state index < -0.39 is 5.91 Å². The quantitative estimate of drug-likeness (QED) is 0.363. The van der Waals surface area contributed by atoms with Crippen LogP contribution in [0.2, 0.25) is 5.02 Å². The van der Waals surface area contributed by atoms with E-state index in [1.807, 2.05) is 24.3 Å². The van der Waals surface area contributed by atoms with Gasteiger partial charge in [0.15, 0.2) is 0 Å². The second-order valence-electron chi connectivity index (χ2n) is 5.28. The Morgan fingerprint density at radius 3 is 2.73 bits per heavy atom. The molecule has 0 atom stereocenters. The number of benzene rings is 2. The Morgan fingerprint density at radius 1 is 1.15 bits per heavy atom. The van der Waals surface area contributed by atoms with Gasteiger partial charge in [-0.25, -0.2) is 15.8 Å². The molecule has 1 amide bonds. The smallest absolute Gasteiger partial charge is 0.266 e. The van der Waals surface area contributed by atoms with Crippen molar-refractivity contribution in [3.8, 4) is 17.0 Å². The van der Waals surface area contributed by atoms with Crippen molar-refractivity contribution < 1.29 is 9.53 Å². The maximum absolute atomic E-state index is 11.8. The van der Waals surface area contributed by atoms with E-state index in [4.69, 9.17) is 22.2 Å². The molecule has 0 bridgehead atoms. The zero-order valence-corrected chi connectivity index (χ0v) is 14.6. The molecule has 0 spiro atoms. The van der Waals surface area contributed by atoms with Gasteiger partial charge >= 0.3 is 0 Å². The first-order valence-electron chi connectivity index (χ1n) is 7.65. The van der Waals surface area contributed by atoms with Gasteiger partial charge in [-0.1, -0.05) is 23.7 Å². The van der Waals surface area contributed by atoms with Crippen molar-refractivity contribution in [2.24, 2.45) is 5.84 Å². The van der Waals surface area contributed by atoms with E-state index in [2.05, 4.69) is 20.7 Å². The number of hydrogen-bond acceptors (Lipinski definition) is 6. The van der Waals surface area contributed by atoms with Crippen LogP contribution in [0.25, 0.3) is 11.3 Å². The minimum Gasteiger partial charge on any atom is -0.496 e. The Kier molecular flexibility index (Phi) is 5.31. The second kappa shape index (κ2) is 7.81. The average Bonchev–Trinajstić information content (AvgIpc) is 2.69. The lowest BCUT2D eigenvalue weighted by molar-refractivity contribution is 0.0954. The zero-order valence-electron chi connectivity index (χ0n) is 13.9. The van der Waals surface area contributed by atoms with E-state index in [-0.39, 0.29) is 5.56 Å². The third-order valence-corrected chi connectivity index (χ3v) is 3.99. The number of carbonyl (C=O) groups excluding carboxylic acids is 1. The molecule has 4 N–H and O–H groups in total. The Bertz CT molecular complexity index is 948. The maximum Gasteiger partial charge on any atom is 0.266 e. The number of hydrazine groups is 1. The van der Waals surface area contributed by atoms with Crippen LogP contribution in [0.4, 0.5) is 11.5 Å². The summed E-state index contributed by atoms with van der Waals surface area (Å²) in [6.07, 6.45) is 1.45. The molecule has 8 heteroatoms. The van der Waals surface area contributed by atoms with Gasteiger partial charge in [0.1, 0.15) is 17.9 Å². The highest BCUT2D eigenvalue weighted by atomic mass is 35.5. The number of hydrogen-bond donors (Lipinski definition) is 3. The normalized spacial score (nSPS) is 10.3. The summed E-state index contributed by atoms with van der Waals surface area (Å²) in [5.74, 6) is 5.97. The molecule has 3 aromatic rings. The van der Waals surface area contributed by atoms with E-state index in [9.17, 15) is 4.79 Å². The Hall–Kier alpha value is -3.16. The standard InChI is InChI=1S/C18H16ClN5O2/c1-26-16-5-3-2-4-12(16)15-9-17(22-10-21-15)23-11-6-7-14(19)13(8-11)18(25)24-20/h2-10H,20H2,1H3,(H,24,25)(H,21,22,23). The monoisotopic (exact) mass is 369 g/mol. The number of halogens is 1. The van der Waals surface area contributed by atoms with Gasteiger partial charge in [-0.2, -0.15) is 0 Å². The van der Waals surface area contributed by atoms with Crippen molar-refractivity contribution in [1.29, 1.82) is 0 Å². The van der Waals surface area contributed by atoms with Crippen molar-refractivity contribution in [2.45, 2.75) is 0 Å². The first-order chi connectivity index (χ1) is 12.6. The summed E-state index contributed by atoms with van der Waals surface area (Å²) in [6, 6.07) is 14.3. The number of methoxy groups -OCH3 is 1. The van der Waals surface area contributed by atoms with Gasteiger partial charge in [0, 0.05) is 17.3 Å². The fraction of sp³-hybridized carbons (Fsp3) is 0.0556. The molecule has 3 rings (SSSR count). The van der Waals surface area contributed by atoms with Crippen molar-refractivity contribution in [3.63, 3.8) is 0 Å². The molecule has 0 fully saturated rings. The van der Waals surface area contributed by atoms with Crippen LogP contribution in [-0.2, 0) is 0 Å². The van der Waals surface area contributed by atoms with Gasteiger partial charge in [0.2, 0.25) is 0 Å². The van der Waals surface area contributed by atoms with Crippen LogP contribution in [-0.4, -0.2) is 23.0 Å². The van der Waals surface area contributed by atoms with Gasteiger partial charge in [-0.3, -0.25) is 10.2 Å². The molecule has 0 unspecified atom stereocenters. The summed E-state index contributed by atoms with van der Waals surface area (Å²) in [5, 5.41) is 3.43. The second-order valence-corrected chi connectivity index (χ2v) is 5.69. The summed E-state index contributed by atoms with van der Waals surface area (Å²) in [5.41, 5.74) is 4.51. The molecular weight excluding hydrogens is 354 g/mol. The SMILES string of the molecule is COc1ccccc1-c1cc(Nc2ccc(Cl)c(C(=O)NN)c2)ncn1. The Balaban J connectivity index is 1.91. The average molecular weight is 370 g/mol. The molecular formula is C18H16ClN5O2. The zero-order chi connectivity index (χ0) is 18.5. The highest BCUT2D eigenvalue weighted by Crippen LogP contribution is 2.29. The number of nitrogens with two attached hydrogens (primary N) is 1. The molecule has 26 heavy (non-hydrogen) atoms. The summed E-state index contributed by atoms with van der Waals surface area (Å²) < 4.78 is 5.37. The molecule has 2 aromatic carbocycles. The minimum atomic E-state index is -0.476. The van der Waals surface area contributed by atoms with Gasteiger partial charge in [-0.05, 0) is 30.3 Å². The van der Waals surface area contributed by atoms with Crippen molar-refractivity contribution in [3.05, 3.63) is 65.4 Å². The molecule has 0 saturated heterocycles. The number of nitrogen functional groups attached to an aromatic ring is 1. The first kappa shape index (κ1) is 17.7. The molecule has 0 saturated carbocycles. The van der Waals surface area contributed by atoms with E-state index in [0.717, 1.165) is 5.56 Å². The van der Waals surface area contributed by atoms with Crippen LogP contribution in [0.5, 0.6) is 5.75 Å². The predicted molar refractivity (Wildman–Crippen MR) is 100 cm³/mol. The summed E-state index contributed by atoms with van der Waals surface area (Å²) >= 11 is 6.03. The number of carbonyl (C=O) groups is 1. The largest absolute Gasteiger partial charge is 0.496 e. The number of anilines is 2. The van der Waals surface area contributed by atoms with E-state index in [0.29, 0.717) is 28.0 Å². The van der Waals surface area contributed by atoms with Gasteiger partial charge < -0.3 is 10.1 Å². The van der Waals surface area contributed by atoms with E-state index in [1.54, 1.807) is 31.4 Å². The number of aromatic nitrogens is 2. The number of amides is 1. The Morgan fingerprint density at radius 2 is 1.96 bits per heavy atom. The predicted octanol–water partition coefficient (Wildman–Crippen LogP) is 3.15. The molecule has 132 valence electrons. The molecule has 1 heterocycles. The fourth-order valence-corrected chi connectivity index (χ4v) is 2.64. The van der Waals surface area contributed by atoms with E-state index >= 15 is 0 Å². The topological polar surface area (TPSA) is 102 Å². The fourth-order valence-electron chi connectivity index (χ4n) is 2.43. The number of nitrogens with zero attached hydrogens (tertiary/aromatic N) is 2. The Labute approximate surface area is 155 Å². The lowest BCUT2D eigenvalue weighted by Crippen LogP contribution is -2.30. The maximum atomic E-state index is 11.8. The minimum absolute atomic E-state index is 0.262. The molecule has 0 radical (unpaired) electrons. The summed E-state index contributed by atoms with van der Waals surface area (Å²) in [4.78, 5) is 20.3. The number of nitrogens with one attached hydrogen (secondary N) is 2. The highest BCUT2D eigenvalue weighted by molar-refractivity contribution is 6.34. The lowest BCUT2D eigenvalue weighted by atomic mass is 10.1. The molecule has 0 aliphatic rings. The molecule has 0 aliphatic heterocycles. The first-order valence-corrected chi connectivity index (χ1v) is 8.03. The van der Waals surface area contributed by atoms with Crippen LogP contribution in [0.1, 0.15) is 10.4 Å². The van der Waals surface area contributed by atoms with Crippen LogP contribution in [0, 0.1) is 0 Å². The van der Waals surface area contributed by atoms with Crippen molar-refractivity contribution >= 4 is 29.0 Å². The number of ether oxygens (including phenoxy) is 1. The number of rotatable bonds is 5. The van der Waals surface area contributed by atoms with Gasteiger partial charge in [0.25, 0.3) is 5.91 Å². The van der Waals surface area contributed by atoms with Gasteiger partial charge in [-0.15, -0.1) is 0 Å². The highest BCUT2D eigenvalue weighted by Gasteiger charge is 2.11. The molecule has 0 aliphatic carbocycles. The van der Waals surface area contributed by atoms with Crippen LogP contribution in [0.15, 0.2) is 54.9 Å². The summed E-state index contributed by atoms with van der Waals surface area (Å²) in [7, 11) is 1.61. The third-order valence-electron chi connectivity index (χ3n) is 3.66. The molecule has 1 aromatic heterocycles. The third kappa shape index (κ3) is 3.74. The lowest BCUT2D eigenvalue weighted by Gasteiger charge is -2.11. The molecule has 7 nitrogen and oxygen atoms in total. The van der Waals surface area contributed by atoms with Crippen LogP contribution in [0.3, 0.4) is 0 Å². The van der Waals surface area contributed by atoms with Crippen LogP contribution < -0.4 is 21.3 Å². The summed E-state index contributed by atoms with van der Waals surface area (Å²) in [6.45, 7) is 0. The van der Waals surface area contributed by atoms with Gasteiger partial charge in [0.05, 0.1) is 23.4 Å². The van der Waals surface area contributed by atoms with Crippen molar-refractivity contribution in [1.82, 2.24) is 15.4 Å². The van der Waals surface area contributed by atoms with Crippen LogP contribution >= 0.6 is 11.6 Å². The number of para-hydroxylation sites is 1. The van der Waals surface area contributed by atoms with E-state index in [1.165, 1.54) is 6.33 Å².